The minimum Gasteiger partial charge on any atom is -0.493 e. The highest BCUT2D eigenvalue weighted by Gasteiger charge is 2.07. The van der Waals surface area contributed by atoms with E-state index in [1.165, 1.54) is 11.1 Å². The summed E-state index contributed by atoms with van der Waals surface area (Å²) in [7, 11) is 0. The third-order valence-electron chi connectivity index (χ3n) is 3.21. The van der Waals surface area contributed by atoms with Crippen LogP contribution in [-0.4, -0.2) is 13.2 Å². The molecule has 0 saturated carbocycles. The van der Waals surface area contributed by atoms with Crippen molar-refractivity contribution in [2.75, 3.05) is 13.2 Å². The minimum absolute atomic E-state index is 0.397. The van der Waals surface area contributed by atoms with Crippen LogP contribution >= 0.6 is 0 Å². The highest BCUT2D eigenvalue weighted by atomic mass is 16.5. The van der Waals surface area contributed by atoms with Crippen molar-refractivity contribution in [1.29, 1.82) is 0 Å². The quantitative estimate of drug-likeness (QED) is 0.525. The molecule has 2 nitrogen and oxygen atoms in total. The molecule has 0 spiro atoms. The monoisotopic (exact) mass is 261 g/mol. The first-order valence-electron chi connectivity index (χ1n) is 7.26. The first-order chi connectivity index (χ1) is 9.19. The van der Waals surface area contributed by atoms with Crippen LogP contribution in [0.4, 0.5) is 0 Å². The molecule has 0 bridgehead atoms. The molecular weight excluding hydrogens is 234 g/mol. The zero-order chi connectivity index (χ0) is 14.1. The average molecular weight is 261 g/mol. The van der Waals surface area contributed by atoms with Crippen molar-refractivity contribution in [3.05, 3.63) is 42.0 Å². The molecule has 0 saturated heterocycles. The van der Waals surface area contributed by atoms with Crippen molar-refractivity contribution in [1.82, 2.24) is 5.32 Å². The van der Waals surface area contributed by atoms with E-state index >= 15 is 0 Å². The molecule has 1 rings (SSSR count). The van der Waals surface area contributed by atoms with Gasteiger partial charge in [0, 0.05) is 6.04 Å². The molecule has 2 heteroatoms. The van der Waals surface area contributed by atoms with Gasteiger partial charge in [-0.15, -0.1) is 6.58 Å². The van der Waals surface area contributed by atoms with E-state index in [1.807, 2.05) is 6.08 Å². The Balaban J connectivity index is 2.55. The van der Waals surface area contributed by atoms with E-state index in [-0.39, 0.29) is 0 Å². The molecule has 0 heterocycles. The Kier molecular flexibility index (Phi) is 7.27. The number of hydrogen-bond acceptors (Lipinski definition) is 2. The molecule has 1 N–H and O–H groups in total. The van der Waals surface area contributed by atoms with Gasteiger partial charge in [0.15, 0.2) is 0 Å². The summed E-state index contributed by atoms with van der Waals surface area (Å²) in [6.07, 6.45) is 5.13. The van der Waals surface area contributed by atoms with Crippen LogP contribution in [0.1, 0.15) is 50.3 Å². The zero-order valence-electron chi connectivity index (χ0n) is 12.5. The normalized spacial score (nSPS) is 12.2. The first kappa shape index (κ1) is 15.8. The van der Waals surface area contributed by atoms with Crippen LogP contribution in [0, 0.1) is 6.92 Å². The second-order valence-electron chi connectivity index (χ2n) is 4.98. The lowest BCUT2D eigenvalue weighted by molar-refractivity contribution is 0.310. The van der Waals surface area contributed by atoms with Gasteiger partial charge in [-0.2, -0.15) is 0 Å². The minimum atomic E-state index is 0.397. The molecule has 0 fully saturated rings. The van der Waals surface area contributed by atoms with E-state index in [4.69, 9.17) is 4.74 Å². The van der Waals surface area contributed by atoms with Gasteiger partial charge in [0.1, 0.15) is 5.75 Å². The molecule has 0 aromatic heterocycles. The molecule has 0 aliphatic rings. The summed E-state index contributed by atoms with van der Waals surface area (Å²) >= 11 is 0. The lowest BCUT2D eigenvalue weighted by atomic mass is 10.0. The molecule has 0 aliphatic carbocycles. The van der Waals surface area contributed by atoms with Crippen molar-refractivity contribution < 1.29 is 4.74 Å². The molecule has 19 heavy (non-hydrogen) atoms. The lowest BCUT2D eigenvalue weighted by Gasteiger charge is -2.16. The summed E-state index contributed by atoms with van der Waals surface area (Å²) in [5.41, 5.74) is 2.53. The van der Waals surface area contributed by atoms with Gasteiger partial charge in [-0.1, -0.05) is 25.1 Å². The van der Waals surface area contributed by atoms with E-state index in [0.29, 0.717) is 6.04 Å². The number of nitrogens with one attached hydrogen (secondary N) is 1. The Labute approximate surface area is 117 Å². The van der Waals surface area contributed by atoms with Crippen molar-refractivity contribution in [3.63, 3.8) is 0 Å². The molecule has 106 valence electrons. The molecule has 1 aromatic rings. The van der Waals surface area contributed by atoms with E-state index in [0.717, 1.165) is 38.2 Å². The Bertz CT molecular complexity index is 387. The van der Waals surface area contributed by atoms with Crippen LogP contribution in [0.25, 0.3) is 0 Å². The first-order valence-corrected chi connectivity index (χ1v) is 7.26. The Morgan fingerprint density at radius 1 is 1.42 bits per heavy atom. The maximum absolute atomic E-state index is 5.79. The van der Waals surface area contributed by atoms with Gasteiger partial charge in [0.2, 0.25) is 0 Å². The van der Waals surface area contributed by atoms with E-state index < -0.39 is 0 Å². The van der Waals surface area contributed by atoms with Crippen LogP contribution in [0.5, 0.6) is 5.75 Å². The predicted octanol–water partition coefficient (Wildman–Crippen LogP) is 4.40. The number of unbranched alkanes of at least 4 members (excludes halogenated alkanes) is 1. The molecular formula is C17H27NO. The third-order valence-corrected chi connectivity index (χ3v) is 3.21. The van der Waals surface area contributed by atoms with Gasteiger partial charge in [0.25, 0.3) is 0 Å². The van der Waals surface area contributed by atoms with Gasteiger partial charge in [-0.3, -0.25) is 0 Å². The lowest BCUT2D eigenvalue weighted by Crippen LogP contribution is -2.19. The Hall–Kier alpha value is -1.28. The summed E-state index contributed by atoms with van der Waals surface area (Å²) in [6.45, 7) is 12.0. The summed E-state index contributed by atoms with van der Waals surface area (Å²) in [4.78, 5) is 0. The second-order valence-corrected chi connectivity index (χ2v) is 4.98. The van der Waals surface area contributed by atoms with Gasteiger partial charge in [-0.25, -0.2) is 0 Å². The van der Waals surface area contributed by atoms with Gasteiger partial charge < -0.3 is 10.1 Å². The molecule has 0 radical (unpaired) electrons. The van der Waals surface area contributed by atoms with E-state index in [1.54, 1.807) is 0 Å². The average Bonchev–Trinajstić information content (AvgIpc) is 2.42. The molecule has 0 amide bonds. The molecule has 0 aliphatic heterocycles. The van der Waals surface area contributed by atoms with Crippen LogP contribution < -0.4 is 10.1 Å². The van der Waals surface area contributed by atoms with Crippen LogP contribution in [-0.2, 0) is 0 Å². The summed E-state index contributed by atoms with van der Waals surface area (Å²) in [5, 5.41) is 3.50. The van der Waals surface area contributed by atoms with E-state index in [2.05, 4.69) is 50.9 Å². The van der Waals surface area contributed by atoms with Gasteiger partial charge in [-0.05, 0) is 56.8 Å². The SMILES string of the molecule is C=CCCCOc1ccc(C(C)NCCC)cc1C. The van der Waals surface area contributed by atoms with Crippen molar-refractivity contribution in [2.24, 2.45) is 0 Å². The fourth-order valence-corrected chi connectivity index (χ4v) is 1.99. The van der Waals surface area contributed by atoms with E-state index in [9.17, 15) is 0 Å². The number of hydrogen-bond donors (Lipinski definition) is 1. The molecule has 1 aromatic carbocycles. The highest BCUT2D eigenvalue weighted by Crippen LogP contribution is 2.23. The highest BCUT2D eigenvalue weighted by molar-refractivity contribution is 5.37. The van der Waals surface area contributed by atoms with Crippen LogP contribution in [0.2, 0.25) is 0 Å². The fourth-order valence-electron chi connectivity index (χ4n) is 1.99. The largest absolute Gasteiger partial charge is 0.493 e. The number of aryl methyl sites for hydroxylation is 1. The third kappa shape index (κ3) is 5.48. The van der Waals surface area contributed by atoms with Crippen LogP contribution in [0.3, 0.4) is 0 Å². The van der Waals surface area contributed by atoms with Crippen molar-refractivity contribution >= 4 is 0 Å². The topological polar surface area (TPSA) is 21.3 Å². The van der Waals surface area contributed by atoms with Crippen LogP contribution in [0.15, 0.2) is 30.9 Å². The van der Waals surface area contributed by atoms with Gasteiger partial charge in [0.05, 0.1) is 6.61 Å². The smallest absolute Gasteiger partial charge is 0.122 e. The number of rotatable bonds is 9. The van der Waals surface area contributed by atoms with Crippen molar-refractivity contribution in [2.45, 2.75) is 46.1 Å². The summed E-state index contributed by atoms with van der Waals surface area (Å²) in [5.74, 6) is 0.996. The Morgan fingerprint density at radius 3 is 2.84 bits per heavy atom. The maximum atomic E-state index is 5.79. The number of benzene rings is 1. The maximum Gasteiger partial charge on any atom is 0.122 e. The number of ether oxygens (including phenoxy) is 1. The van der Waals surface area contributed by atoms with Gasteiger partial charge >= 0.3 is 0 Å². The fraction of sp³-hybridized carbons (Fsp3) is 0.529. The van der Waals surface area contributed by atoms with Crippen molar-refractivity contribution in [3.8, 4) is 5.75 Å². The summed E-state index contributed by atoms with van der Waals surface area (Å²) < 4.78 is 5.79. The molecule has 1 unspecified atom stereocenters. The number of allylic oxidation sites excluding steroid dienone is 1. The standard InChI is InChI=1S/C17H27NO/c1-5-7-8-12-19-17-10-9-16(13-14(17)3)15(4)18-11-6-2/h5,9-10,13,15,18H,1,6-8,11-12H2,2-4H3. The summed E-state index contributed by atoms with van der Waals surface area (Å²) in [6, 6.07) is 6.86. The predicted molar refractivity (Wildman–Crippen MR) is 82.8 cm³/mol. The second kappa shape index (κ2) is 8.76. The Morgan fingerprint density at radius 2 is 2.21 bits per heavy atom. The molecule has 1 atom stereocenters. The zero-order valence-corrected chi connectivity index (χ0v) is 12.5.